The number of hydrogen-bond donors (Lipinski definition) is 1. The summed E-state index contributed by atoms with van der Waals surface area (Å²) in [5, 5.41) is 2.68. The topological polar surface area (TPSA) is 64.6 Å². The standard InChI is InChI=1S/C18H22BrNO4/c1-18(2,3)24-17(22)20-15(10-11-16(21)23-4)9-8-13-6-5-7-14(19)12-13/h5-7,12,15H,10-11H2,1-4H3,(H,20,22)/t15-/m1/s1. The number of rotatable bonds is 4. The molecular formula is C18H22BrNO4. The van der Waals surface area contributed by atoms with Gasteiger partial charge in [-0.05, 0) is 45.4 Å². The monoisotopic (exact) mass is 395 g/mol. The van der Waals surface area contributed by atoms with Crippen LogP contribution in [0.15, 0.2) is 28.7 Å². The Labute approximate surface area is 151 Å². The van der Waals surface area contributed by atoms with Crippen molar-refractivity contribution in [2.45, 2.75) is 45.3 Å². The first-order valence-corrected chi connectivity index (χ1v) is 8.32. The van der Waals surface area contributed by atoms with E-state index in [9.17, 15) is 9.59 Å². The summed E-state index contributed by atoms with van der Waals surface area (Å²) in [6.07, 6.45) is -0.0715. The number of alkyl carbamates (subject to hydrolysis) is 1. The van der Waals surface area contributed by atoms with Gasteiger partial charge in [-0.1, -0.05) is 33.8 Å². The van der Waals surface area contributed by atoms with E-state index in [1.165, 1.54) is 7.11 Å². The van der Waals surface area contributed by atoms with E-state index in [0.29, 0.717) is 6.42 Å². The molecule has 0 bridgehead atoms. The van der Waals surface area contributed by atoms with Crippen molar-refractivity contribution in [3.8, 4) is 11.8 Å². The lowest BCUT2D eigenvalue weighted by Crippen LogP contribution is -2.38. The third kappa shape index (κ3) is 8.59. The maximum atomic E-state index is 11.9. The molecule has 0 saturated carbocycles. The van der Waals surface area contributed by atoms with Crippen molar-refractivity contribution >= 4 is 28.0 Å². The number of esters is 1. The maximum Gasteiger partial charge on any atom is 0.408 e. The van der Waals surface area contributed by atoms with Crippen molar-refractivity contribution in [1.29, 1.82) is 0 Å². The Kier molecular flexibility index (Phi) is 7.80. The second-order valence-corrected chi connectivity index (χ2v) is 7.01. The molecule has 0 unspecified atom stereocenters. The summed E-state index contributed by atoms with van der Waals surface area (Å²) in [5.41, 5.74) is 0.202. The van der Waals surface area contributed by atoms with Gasteiger partial charge in [0, 0.05) is 16.5 Å². The Balaban J connectivity index is 2.81. The number of carbonyl (C=O) groups excluding carboxylic acids is 2. The largest absolute Gasteiger partial charge is 0.469 e. The summed E-state index contributed by atoms with van der Waals surface area (Å²) in [6, 6.07) is 7.00. The zero-order valence-electron chi connectivity index (χ0n) is 14.3. The second kappa shape index (κ2) is 9.33. The minimum atomic E-state index is -0.602. The molecule has 130 valence electrons. The molecule has 5 nitrogen and oxygen atoms in total. The van der Waals surface area contributed by atoms with Crippen molar-refractivity contribution in [3.05, 3.63) is 34.3 Å². The molecule has 0 radical (unpaired) electrons. The molecule has 1 atom stereocenters. The summed E-state index contributed by atoms with van der Waals surface area (Å²) in [6.45, 7) is 5.34. The fraction of sp³-hybridized carbons (Fsp3) is 0.444. The molecule has 0 aliphatic rings. The zero-order valence-corrected chi connectivity index (χ0v) is 15.9. The van der Waals surface area contributed by atoms with Crippen LogP contribution in [0.25, 0.3) is 0 Å². The number of nitrogens with one attached hydrogen (secondary N) is 1. The molecule has 0 aliphatic heterocycles. The maximum absolute atomic E-state index is 11.9. The van der Waals surface area contributed by atoms with Crippen LogP contribution >= 0.6 is 15.9 Å². The fourth-order valence-electron chi connectivity index (χ4n) is 1.73. The van der Waals surface area contributed by atoms with Gasteiger partial charge in [0.05, 0.1) is 13.2 Å². The molecular weight excluding hydrogens is 374 g/mol. The zero-order chi connectivity index (χ0) is 18.2. The van der Waals surface area contributed by atoms with E-state index < -0.39 is 17.7 Å². The predicted octanol–water partition coefficient (Wildman–Crippen LogP) is 3.65. The van der Waals surface area contributed by atoms with E-state index in [-0.39, 0.29) is 12.4 Å². The highest BCUT2D eigenvalue weighted by Crippen LogP contribution is 2.11. The van der Waals surface area contributed by atoms with Gasteiger partial charge in [-0.25, -0.2) is 4.79 Å². The Morgan fingerprint density at radius 2 is 2.04 bits per heavy atom. The lowest BCUT2D eigenvalue weighted by Gasteiger charge is -2.21. The van der Waals surface area contributed by atoms with Crippen LogP contribution in [0.2, 0.25) is 0 Å². The Morgan fingerprint density at radius 3 is 2.62 bits per heavy atom. The van der Waals surface area contributed by atoms with E-state index in [1.807, 2.05) is 24.3 Å². The molecule has 24 heavy (non-hydrogen) atoms. The molecule has 0 aromatic heterocycles. The molecule has 1 aromatic carbocycles. The van der Waals surface area contributed by atoms with Crippen molar-refractivity contribution in [2.24, 2.45) is 0 Å². The molecule has 1 amide bonds. The lowest BCUT2D eigenvalue weighted by atomic mass is 10.1. The van der Waals surface area contributed by atoms with Crippen LogP contribution in [0.5, 0.6) is 0 Å². The molecule has 0 aliphatic carbocycles. The van der Waals surface area contributed by atoms with Gasteiger partial charge in [-0.2, -0.15) is 0 Å². The average molecular weight is 396 g/mol. The summed E-state index contributed by atoms with van der Waals surface area (Å²) in [5.74, 6) is 5.61. The first kappa shape index (κ1) is 20.0. The minimum absolute atomic E-state index is 0.157. The lowest BCUT2D eigenvalue weighted by molar-refractivity contribution is -0.140. The number of amides is 1. The normalized spacial score (nSPS) is 11.7. The number of benzene rings is 1. The van der Waals surface area contributed by atoms with Gasteiger partial charge in [-0.3, -0.25) is 4.79 Å². The van der Waals surface area contributed by atoms with Crippen LogP contribution in [0.3, 0.4) is 0 Å². The van der Waals surface area contributed by atoms with Crippen LogP contribution in [-0.4, -0.2) is 30.8 Å². The van der Waals surface area contributed by atoms with Crippen LogP contribution in [0.1, 0.15) is 39.2 Å². The van der Waals surface area contributed by atoms with Crippen molar-refractivity contribution in [1.82, 2.24) is 5.32 Å². The van der Waals surface area contributed by atoms with Gasteiger partial charge >= 0.3 is 12.1 Å². The molecule has 0 saturated heterocycles. The highest BCUT2D eigenvalue weighted by atomic mass is 79.9. The molecule has 0 heterocycles. The molecule has 6 heteroatoms. The Hall–Kier alpha value is -2.00. The molecule has 1 rings (SSSR count). The van der Waals surface area contributed by atoms with E-state index >= 15 is 0 Å². The highest BCUT2D eigenvalue weighted by Gasteiger charge is 2.19. The predicted molar refractivity (Wildman–Crippen MR) is 95.4 cm³/mol. The van der Waals surface area contributed by atoms with Crippen molar-refractivity contribution in [2.75, 3.05) is 7.11 Å². The van der Waals surface area contributed by atoms with Gasteiger partial charge in [0.1, 0.15) is 5.60 Å². The number of methoxy groups -OCH3 is 1. The van der Waals surface area contributed by atoms with Gasteiger partial charge in [-0.15, -0.1) is 0 Å². The number of carbonyl (C=O) groups is 2. The summed E-state index contributed by atoms with van der Waals surface area (Å²) in [4.78, 5) is 23.3. The van der Waals surface area contributed by atoms with Crippen LogP contribution in [0, 0.1) is 11.8 Å². The SMILES string of the molecule is COC(=O)CC[C@@H](C#Cc1cccc(Br)c1)NC(=O)OC(C)(C)C. The number of ether oxygens (including phenoxy) is 2. The summed E-state index contributed by atoms with van der Waals surface area (Å²) >= 11 is 3.38. The first-order valence-electron chi connectivity index (χ1n) is 7.53. The Bertz CT molecular complexity index is 640. The van der Waals surface area contributed by atoms with Gasteiger partial charge in [0.25, 0.3) is 0 Å². The van der Waals surface area contributed by atoms with Gasteiger partial charge in [0.15, 0.2) is 0 Å². The number of halogens is 1. The fourth-order valence-corrected chi connectivity index (χ4v) is 2.13. The average Bonchev–Trinajstić information content (AvgIpc) is 2.47. The third-order valence-electron chi connectivity index (χ3n) is 2.77. The summed E-state index contributed by atoms with van der Waals surface area (Å²) < 4.78 is 10.8. The second-order valence-electron chi connectivity index (χ2n) is 6.09. The molecule has 0 fully saturated rings. The molecule has 1 aromatic rings. The van der Waals surface area contributed by atoms with Gasteiger partial charge in [0.2, 0.25) is 0 Å². The van der Waals surface area contributed by atoms with E-state index in [4.69, 9.17) is 4.74 Å². The van der Waals surface area contributed by atoms with Crippen LogP contribution in [-0.2, 0) is 14.3 Å². The third-order valence-corrected chi connectivity index (χ3v) is 3.26. The van der Waals surface area contributed by atoms with Crippen LogP contribution in [0.4, 0.5) is 4.79 Å². The summed E-state index contributed by atoms with van der Waals surface area (Å²) in [7, 11) is 1.33. The van der Waals surface area contributed by atoms with E-state index in [1.54, 1.807) is 20.8 Å². The van der Waals surface area contributed by atoms with Gasteiger partial charge < -0.3 is 14.8 Å². The van der Waals surface area contributed by atoms with Crippen molar-refractivity contribution < 1.29 is 19.1 Å². The van der Waals surface area contributed by atoms with Crippen molar-refractivity contribution in [3.63, 3.8) is 0 Å². The van der Waals surface area contributed by atoms with Crippen LogP contribution < -0.4 is 5.32 Å². The van der Waals surface area contributed by atoms with E-state index in [2.05, 4.69) is 37.8 Å². The Morgan fingerprint density at radius 1 is 1.33 bits per heavy atom. The number of hydrogen-bond acceptors (Lipinski definition) is 4. The highest BCUT2D eigenvalue weighted by molar-refractivity contribution is 9.10. The van der Waals surface area contributed by atoms with E-state index in [0.717, 1.165) is 10.0 Å². The minimum Gasteiger partial charge on any atom is -0.469 e. The smallest absolute Gasteiger partial charge is 0.408 e. The molecule has 1 N–H and O–H groups in total. The molecule has 0 spiro atoms. The first-order chi connectivity index (χ1) is 11.2. The quantitative estimate of drug-likeness (QED) is 0.624.